The van der Waals surface area contributed by atoms with Crippen LogP contribution < -0.4 is 4.90 Å². The Morgan fingerprint density at radius 3 is 2.29 bits per heavy atom. The summed E-state index contributed by atoms with van der Waals surface area (Å²) in [4.78, 5) is 7.61. The number of halogens is 1. The minimum Gasteiger partial charge on any atom is -0.354 e. The predicted octanol–water partition coefficient (Wildman–Crippen LogP) is 5.64. The Bertz CT molecular complexity index is 1050. The minimum atomic E-state index is 0.397. The monoisotopic (exact) mass is 479 g/mol. The van der Waals surface area contributed by atoms with Gasteiger partial charge in [-0.25, -0.2) is 4.68 Å². The van der Waals surface area contributed by atoms with Crippen LogP contribution in [0.2, 0.25) is 5.02 Å². The smallest absolute Gasteiger partial charge is 0.137 e. The van der Waals surface area contributed by atoms with Crippen molar-refractivity contribution in [2.75, 3.05) is 37.6 Å². The summed E-state index contributed by atoms with van der Waals surface area (Å²) in [5.74, 6) is 1.26. The molecule has 34 heavy (non-hydrogen) atoms. The van der Waals surface area contributed by atoms with Crippen LogP contribution in [0, 0.1) is 0 Å². The molecule has 182 valence electrons. The van der Waals surface area contributed by atoms with E-state index in [0.717, 1.165) is 62.9 Å². The van der Waals surface area contributed by atoms with Gasteiger partial charge in [-0.1, -0.05) is 55.8 Å². The van der Waals surface area contributed by atoms with E-state index in [1.165, 1.54) is 22.6 Å². The van der Waals surface area contributed by atoms with Gasteiger partial charge in [0.2, 0.25) is 0 Å². The topological polar surface area (TPSA) is 27.5 Å². The number of hydrogen-bond donors (Lipinski definition) is 0. The number of anilines is 1. The molecule has 0 atom stereocenters. The largest absolute Gasteiger partial charge is 0.354 e. The van der Waals surface area contributed by atoms with Gasteiger partial charge >= 0.3 is 0 Å². The van der Waals surface area contributed by atoms with Gasteiger partial charge < -0.3 is 9.80 Å². The molecule has 1 aliphatic rings. The highest BCUT2D eigenvalue weighted by Gasteiger charge is 2.27. The Kier molecular flexibility index (Phi) is 8.30. The summed E-state index contributed by atoms with van der Waals surface area (Å²) >= 11 is 6.29. The Labute approximate surface area is 209 Å². The lowest BCUT2D eigenvalue weighted by Gasteiger charge is -2.37. The third-order valence-corrected chi connectivity index (χ3v) is 7.10. The third kappa shape index (κ3) is 5.65. The Hall–Kier alpha value is -2.34. The predicted molar refractivity (Wildman–Crippen MR) is 143 cm³/mol. The lowest BCUT2D eigenvalue weighted by atomic mass is 10.1. The van der Waals surface area contributed by atoms with Crippen molar-refractivity contribution in [2.24, 2.45) is 0 Å². The summed E-state index contributed by atoms with van der Waals surface area (Å²) in [6.45, 7) is 16.1. The second-order valence-corrected chi connectivity index (χ2v) is 9.84. The molecule has 2 aromatic carbocycles. The summed E-state index contributed by atoms with van der Waals surface area (Å²) in [6, 6.07) is 19.2. The van der Waals surface area contributed by atoms with Crippen molar-refractivity contribution in [3.8, 4) is 5.69 Å². The molecule has 0 radical (unpaired) electrons. The quantitative estimate of drug-likeness (QED) is 0.397. The van der Waals surface area contributed by atoms with Gasteiger partial charge in [-0.2, -0.15) is 5.10 Å². The normalized spacial score (nSPS) is 15.0. The van der Waals surface area contributed by atoms with E-state index in [1.807, 2.05) is 12.1 Å². The van der Waals surface area contributed by atoms with Gasteiger partial charge in [0.15, 0.2) is 0 Å². The number of piperazine rings is 1. The maximum Gasteiger partial charge on any atom is 0.137 e. The lowest BCUT2D eigenvalue weighted by molar-refractivity contribution is 0.203. The molecule has 1 aromatic heterocycles. The zero-order valence-electron chi connectivity index (χ0n) is 21.0. The molecule has 0 aliphatic carbocycles. The second kappa shape index (κ2) is 11.4. The summed E-state index contributed by atoms with van der Waals surface area (Å²) in [7, 11) is 0. The molecule has 0 amide bonds. The van der Waals surface area contributed by atoms with Crippen LogP contribution in [0.5, 0.6) is 0 Å². The molecule has 2 heterocycles. The number of nitrogens with zero attached hydrogens (tertiary/aromatic N) is 5. The molecule has 6 heteroatoms. The molecule has 0 bridgehead atoms. The van der Waals surface area contributed by atoms with E-state index in [2.05, 4.69) is 89.5 Å². The van der Waals surface area contributed by atoms with Gasteiger partial charge in [-0.3, -0.25) is 4.90 Å². The first-order chi connectivity index (χ1) is 16.5. The molecular weight excluding hydrogens is 442 g/mol. The molecule has 1 saturated heterocycles. The van der Waals surface area contributed by atoms with E-state index >= 15 is 0 Å². The Morgan fingerprint density at radius 1 is 0.941 bits per heavy atom. The molecule has 0 saturated carbocycles. The van der Waals surface area contributed by atoms with Gasteiger partial charge in [0.1, 0.15) is 5.82 Å². The van der Waals surface area contributed by atoms with Crippen molar-refractivity contribution in [1.82, 2.24) is 19.6 Å². The summed E-state index contributed by atoms with van der Waals surface area (Å²) < 4.78 is 2.19. The minimum absolute atomic E-state index is 0.397. The molecule has 3 aromatic rings. The van der Waals surface area contributed by atoms with E-state index < -0.39 is 0 Å². The second-order valence-electron chi connectivity index (χ2n) is 9.40. The average Bonchev–Trinajstić information content (AvgIpc) is 3.22. The summed E-state index contributed by atoms with van der Waals surface area (Å²) in [5.41, 5.74) is 4.91. The number of hydrogen-bond acceptors (Lipinski definition) is 4. The number of para-hydroxylation sites is 1. The number of aryl methyl sites for hydroxylation is 1. The van der Waals surface area contributed by atoms with Crippen molar-refractivity contribution in [3.63, 3.8) is 0 Å². The van der Waals surface area contributed by atoms with Crippen LogP contribution >= 0.6 is 11.6 Å². The van der Waals surface area contributed by atoms with Crippen LogP contribution in [-0.4, -0.2) is 58.3 Å². The number of likely N-dealkylation sites (N-methyl/N-ethyl adjacent to an activating group) is 1. The number of aromatic nitrogens is 2. The first-order valence-electron chi connectivity index (χ1n) is 12.6. The molecule has 0 spiro atoms. The fraction of sp³-hybridized carbons (Fsp3) is 0.464. The number of rotatable bonds is 9. The Balaban J connectivity index is 1.73. The standard InChI is InChI=1S/C28H38ClN5/c1-5-27-26(21-33(22(3)4)20-23-11-10-12-24(29)19-23)28(32-17-15-31(6-2)16-18-32)34(30-27)25-13-8-7-9-14-25/h7-14,19,22H,5-6,15-18,20-21H2,1-4H3. The van der Waals surface area contributed by atoms with Crippen molar-refractivity contribution >= 4 is 17.4 Å². The van der Waals surface area contributed by atoms with Gasteiger partial charge in [-0.05, 0) is 56.6 Å². The van der Waals surface area contributed by atoms with E-state index in [-0.39, 0.29) is 0 Å². The van der Waals surface area contributed by atoms with Crippen LogP contribution in [0.4, 0.5) is 5.82 Å². The Morgan fingerprint density at radius 2 is 1.68 bits per heavy atom. The summed E-state index contributed by atoms with van der Waals surface area (Å²) in [5, 5.41) is 5.95. The van der Waals surface area contributed by atoms with Gasteiger partial charge in [0, 0.05) is 55.9 Å². The molecule has 4 rings (SSSR count). The number of benzene rings is 2. The van der Waals surface area contributed by atoms with Crippen LogP contribution in [0.25, 0.3) is 5.69 Å². The van der Waals surface area contributed by atoms with Gasteiger partial charge in [0.25, 0.3) is 0 Å². The molecular formula is C28H38ClN5. The first-order valence-corrected chi connectivity index (χ1v) is 13.0. The van der Waals surface area contributed by atoms with Crippen LogP contribution in [0.15, 0.2) is 54.6 Å². The van der Waals surface area contributed by atoms with E-state index in [1.54, 1.807) is 0 Å². The maximum absolute atomic E-state index is 6.29. The summed E-state index contributed by atoms with van der Waals surface area (Å²) in [6.07, 6.45) is 0.917. The van der Waals surface area contributed by atoms with Crippen LogP contribution in [-0.2, 0) is 19.5 Å². The average molecular weight is 480 g/mol. The van der Waals surface area contributed by atoms with Crippen LogP contribution in [0.1, 0.15) is 44.5 Å². The molecule has 1 aliphatic heterocycles. The molecule has 5 nitrogen and oxygen atoms in total. The molecule has 0 unspecified atom stereocenters. The van der Waals surface area contributed by atoms with Crippen molar-refractivity contribution in [2.45, 2.75) is 53.2 Å². The fourth-order valence-electron chi connectivity index (χ4n) is 4.78. The fourth-order valence-corrected chi connectivity index (χ4v) is 4.99. The van der Waals surface area contributed by atoms with Gasteiger partial charge in [-0.15, -0.1) is 0 Å². The van der Waals surface area contributed by atoms with E-state index in [9.17, 15) is 0 Å². The van der Waals surface area contributed by atoms with Crippen molar-refractivity contribution < 1.29 is 0 Å². The van der Waals surface area contributed by atoms with Crippen molar-refractivity contribution in [3.05, 3.63) is 76.4 Å². The highest BCUT2D eigenvalue weighted by molar-refractivity contribution is 6.30. The lowest BCUT2D eigenvalue weighted by Crippen LogP contribution is -2.47. The zero-order chi connectivity index (χ0) is 24.1. The van der Waals surface area contributed by atoms with Gasteiger partial charge in [0.05, 0.1) is 11.4 Å². The molecule has 1 fully saturated rings. The highest BCUT2D eigenvalue weighted by Crippen LogP contribution is 2.31. The van der Waals surface area contributed by atoms with E-state index in [4.69, 9.17) is 16.7 Å². The maximum atomic E-state index is 6.29. The van der Waals surface area contributed by atoms with E-state index in [0.29, 0.717) is 6.04 Å². The highest BCUT2D eigenvalue weighted by atomic mass is 35.5. The third-order valence-electron chi connectivity index (χ3n) is 6.86. The zero-order valence-corrected chi connectivity index (χ0v) is 21.8. The van der Waals surface area contributed by atoms with Crippen molar-refractivity contribution in [1.29, 1.82) is 0 Å². The SMILES string of the molecule is CCc1nn(-c2ccccc2)c(N2CCN(CC)CC2)c1CN(Cc1cccc(Cl)c1)C(C)C. The molecule has 0 N–H and O–H groups in total. The van der Waals surface area contributed by atoms with Crippen LogP contribution in [0.3, 0.4) is 0 Å². The first kappa shape index (κ1) is 24.8.